The quantitative estimate of drug-likeness (QED) is 0.877. The van der Waals surface area contributed by atoms with E-state index in [1.54, 1.807) is 0 Å². The number of nitrogens with one attached hydrogen (secondary N) is 1. The van der Waals surface area contributed by atoms with Crippen LogP contribution in [0.25, 0.3) is 0 Å². The predicted octanol–water partition coefficient (Wildman–Crippen LogP) is 4.33. The van der Waals surface area contributed by atoms with Crippen molar-refractivity contribution in [2.75, 3.05) is 36.4 Å². The van der Waals surface area contributed by atoms with Crippen LogP contribution in [0.2, 0.25) is 0 Å². The van der Waals surface area contributed by atoms with Crippen molar-refractivity contribution in [1.82, 2.24) is 4.90 Å². The summed E-state index contributed by atoms with van der Waals surface area (Å²) < 4.78 is 0. The molecule has 130 valence electrons. The Balaban J connectivity index is 1.43. The van der Waals surface area contributed by atoms with Crippen LogP contribution in [-0.4, -0.2) is 37.1 Å². The lowest BCUT2D eigenvalue weighted by Gasteiger charge is -2.41. The number of rotatable bonds is 2. The lowest BCUT2D eigenvalue weighted by Crippen LogP contribution is -2.46. The van der Waals surface area contributed by atoms with Gasteiger partial charge in [-0.3, -0.25) is 0 Å². The summed E-state index contributed by atoms with van der Waals surface area (Å²) in [5, 5.41) is 3.20. The molecular weight excluding hydrogens is 298 g/mol. The highest BCUT2D eigenvalue weighted by molar-refractivity contribution is 5.93. The van der Waals surface area contributed by atoms with Crippen molar-refractivity contribution in [1.29, 1.82) is 0 Å². The molecule has 1 aromatic rings. The lowest BCUT2D eigenvalue weighted by atomic mass is 9.75. The average molecular weight is 327 g/mol. The molecule has 0 spiro atoms. The van der Waals surface area contributed by atoms with Crippen molar-refractivity contribution < 1.29 is 4.79 Å². The first-order valence-corrected chi connectivity index (χ1v) is 9.71. The van der Waals surface area contributed by atoms with Crippen molar-refractivity contribution in [3.8, 4) is 0 Å². The van der Waals surface area contributed by atoms with E-state index in [1.165, 1.54) is 50.6 Å². The van der Waals surface area contributed by atoms with Gasteiger partial charge in [0.2, 0.25) is 0 Å². The molecular formula is C20H29N3O. The van der Waals surface area contributed by atoms with Crippen LogP contribution in [0.15, 0.2) is 24.3 Å². The summed E-state index contributed by atoms with van der Waals surface area (Å²) in [6.07, 6.45) is 9.09. The highest BCUT2D eigenvalue weighted by Crippen LogP contribution is 2.36. The molecule has 1 aliphatic carbocycles. The maximum Gasteiger partial charge on any atom is 0.321 e. The number of fused-ring (bicyclic) bond motifs is 1. The van der Waals surface area contributed by atoms with Crippen molar-refractivity contribution in [2.24, 2.45) is 11.8 Å². The smallest absolute Gasteiger partial charge is 0.321 e. The molecule has 2 amide bonds. The first-order valence-electron chi connectivity index (χ1n) is 9.71. The molecule has 0 unspecified atom stereocenters. The number of hydrogen-bond acceptors (Lipinski definition) is 2. The van der Waals surface area contributed by atoms with Crippen LogP contribution in [0, 0.1) is 11.8 Å². The van der Waals surface area contributed by atoms with Gasteiger partial charge in [0.05, 0.1) is 11.4 Å². The third-order valence-electron chi connectivity index (χ3n) is 6.17. The maximum absolute atomic E-state index is 12.8. The normalized spacial score (nSPS) is 27.0. The summed E-state index contributed by atoms with van der Waals surface area (Å²) in [5.41, 5.74) is 2.14. The summed E-state index contributed by atoms with van der Waals surface area (Å²) in [6, 6.07) is 8.35. The van der Waals surface area contributed by atoms with Crippen LogP contribution in [-0.2, 0) is 0 Å². The minimum absolute atomic E-state index is 0.0886. The first-order chi connectivity index (χ1) is 11.8. The van der Waals surface area contributed by atoms with Gasteiger partial charge in [0, 0.05) is 26.2 Å². The summed E-state index contributed by atoms with van der Waals surface area (Å²) in [5.74, 6) is 1.59. The van der Waals surface area contributed by atoms with Gasteiger partial charge in [-0.1, -0.05) is 31.4 Å². The van der Waals surface area contributed by atoms with E-state index in [-0.39, 0.29) is 6.03 Å². The molecule has 3 aliphatic rings. The van der Waals surface area contributed by atoms with E-state index >= 15 is 0 Å². The minimum Gasteiger partial charge on any atom is -0.370 e. The second-order valence-electron chi connectivity index (χ2n) is 7.68. The van der Waals surface area contributed by atoms with Gasteiger partial charge < -0.3 is 15.1 Å². The second kappa shape index (κ2) is 7.04. The van der Waals surface area contributed by atoms with E-state index in [4.69, 9.17) is 0 Å². The Morgan fingerprint density at radius 1 is 0.917 bits per heavy atom. The maximum atomic E-state index is 12.8. The Morgan fingerprint density at radius 3 is 2.50 bits per heavy atom. The summed E-state index contributed by atoms with van der Waals surface area (Å²) in [6.45, 7) is 4.06. The molecule has 1 aromatic carbocycles. The van der Waals surface area contributed by atoms with E-state index in [2.05, 4.69) is 22.3 Å². The number of nitrogens with zero attached hydrogens (tertiary/aromatic N) is 2. The molecule has 4 nitrogen and oxygen atoms in total. The number of carbonyl (C=O) groups is 1. The third kappa shape index (κ3) is 3.24. The monoisotopic (exact) mass is 327 g/mol. The fourth-order valence-electron chi connectivity index (χ4n) is 4.79. The van der Waals surface area contributed by atoms with Gasteiger partial charge in [-0.25, -0.2) is 4.79 Å². The van der Waals surface area contributed by atoms with Crippen molar-refractivity contribution in [3.63, 3.8) is 0 Å². The van der Waals surface area contributed by atoms with Crippen LogP contribution in [0.1, 0.15) is 44.9 Å². The minimum atomic E-state index is 0.0886. The predicted molar refractivity (Wildman–Crippen MR) is 98.5 cm³/mol. The molecule has 24 heavy (non-hydrogen) atoms. The lowest BCUT2D eigenvalue weighted by molar-refractivity contribution is 0.108. The highest BCUT2D eigenvalue weighted by atomic mass is 16.2. The van der Waals surface area contributed by atoms with E-state index in [1.807, 2.05) is 17.0 Å². The number of para-hydroxylation sites is 2. The number of likely N-dealkylation sites (tertiary alicyclic amines) is 1. The third-order valence-corrected chi connectivity index (χ3v) is 6.17. The number of hydrogen-bond donors (Lipinski definition) is 1. The molecule has 1 saturated carbocycles. The van der Waals surface area contributed by atoms with Crippen molar-refractivity contribution in [2.45, 2.75) is 44.9 Å². The molecule has 2 aliphatic heterocycles. The zero-order valence-electron chi connectivity index (χ0n) is 14.5. The number of carbonyl (C=O) groups excluding carboxylic acids is 1. The second-order valence-corrected chi connectivity index (χ2v) is 7.68. The zero-order valence-corrected chi connectivity index (χ0v) is 14.5. The first kappa shape index (κ1) is 15.8. The topological polar surface area (TPSA) is 35.6 Å². The Labute approximate surface area is 145 Å². The van der Waals surface area contributed by atoms with Crippen LogP contribution in [0.5, 0.6) is 0 Å². The number of piperidine rings is 1. The van der Waals surface area contributed by atoms with Gasteiger partial charge in [0.15, 0.2) is 0 Å². The van der Waals surface area contributed by atoms with Crippen molar-refractivity contribution in [3.05, 3.63) is 24.3 Å². The number of benzene rings is 1. The standard InChI is InChI=1S/C20H29N3O/c24-20(23-14-11-16-7-1-2-8-17(16)15-23)21-18-9-3-4-10-19(18)22-12-5-6-13-22/h3-4,9-10,16-17H,1-2,5-8,11-15H2,(H,21,24)/t16-,17-/m1/s1. The van der Waals surface area contributed by atoms with Gasteiger partial charge in [-0.15, -0.1) is 0 Å². The van der Waals surface area contributed by atoms with Gasteiger partial charge in [0.1, 0.15) is 0 Å². The molecule has 0 radical (unpaired) electrons. The Bertz CT molecular complexity index is 582. The summed E-state index contributed by atoms with van der Waals surface area (Å²) in [4.78, 5) is 17.2. The van der Waals surface area contributed by atoms with Crippen LogP contribution in [0.3, 0.4) is 0 Å². The fraction of sp³-hybridized carbons (Fsp3) is 0.650. The molecule has 2 atom stereocenters. The highest BCUT2D eigenvalue weighted by Gasteiger charge is 2.33. The number of amides is 2. The molecule has 0 aromatic heterocycles. The molecule has 0 bridgehead atoms. The molecule has 4 rings (SSSR count). The molecule has 3 fully saturated rings. The van der Waals surface area contributed by atoms with Gasteiger partial charge in [-0.2, -0.15) is 0 Å². The van der Waals surface area contributed by atoms with Gasteiger partial charge in [-0.05, 0) is 49.7 Å². The molecule has 2 heterocycles. The largest absolute Gasteiger partial charge is 0.370 e. The van der Waals surface area contributed by atoms with Crippen LogP contribution >= 0.6 is 0 Å². The van der Waals surface area contributed by atoms with Crippen molar-refractivity contribution >= 4 is 17.4 Å². The zero-order chi connectivity index (χ0) is 16.4. The van der Waals surface area contributed by atoms with Gasteiger partial charge >= 0.3 is 6.03 Å². The Morgan fingerprint density at radius 2 is 1.67 bits per heavy atom. The molecule has 1 N–H and O–H groups in total. The summed E-state index contributed by atoms with van der Waals surface area (Å²) >= 11 is 0. The van der Waals surface area contributed by atoms with E-state index in [9.17, 15) is 4.79 Å². The Kier molecular flexibility index (Phi) is 4.63. The van der Waals surface area contributed by atoms with E-state index < -0.39 is 0 Å². The SMILES string of the molecule is O=C(Nc1ccccc1N1CCCC1)N1CC[C@H]2CCCC[C@@H]2C1. The summed E-state index contributed by atoms with van der Waals surface area (Å²) in [7, 11) is 0. The van der Waals surface area contributed by atoms with E-state index in [0.29, 0.717) is 0 Å². The Hall–Kier alpha value is -1.71. The average Bonchev–Trinajstić information content (AvgIpc) is 3.16. The fourth-order valence-corrected chi connectivity index (χ4v) is 4.79. The molecule has 4 heteroatoms. The molecule has 2 saturated heterocycles. The number of anilines is 2. The van der Waals surface area contributed by atoms with E-state index in [0.717, 1.165) is 43.7 Å². The van der Waals surface area contributed by atoms with Gasteiger partial charge in [0.25, 0.3) is 0 Å². The van der Waals surface area contributed by atoms with Crippen LogP contribution < -0.4 is 10.2 Å². The van der Waals surface area contributed by atoms with Crippen LogP contribution in [0.4, 0.5) is 16.2 Å². The number of urea groups is 1.